The van der Waals surface area contributed by atoms with Crippen LogP contribution in [-0.2, 0) is 33.0 Å². The lowest BCUT2D eigenvalue weighted by Crippen LogP contribution is -2.57. The highest BCUT2D eigenvalue weighted by atomic mass is 32.2. The van der Waals surface area contributed by atoms with Gasteiger partial charge in [0.05, 0.1) is 28.2 Å². The average Bonchev–Trinajstić information content (AvgIpc) is 2.94. The van der Waals surface area contributed by atoms with Crippen LogP contribution in [0.25, 0.3) is 0 Å². The zero-order valence-electron chi connectivity index (χ0n) is 24.3. The van der Waals surface area contributed by atoms with E-state index in [1.807, 2.05) is 91.0 Å². The normalized spacial score (nSPS) is 14.9. The molecule has 2 unspecified atom stereocenters. The Morgan fingerprint density at radius 3 is 1.98 bits per heavy atom. The van der Waals surface area contributed by atoms with Crippen molar-refractivity contribution in [2.45, 2.75) is 80.6 Å². The highest BCUT2D eigenvalue weighted by Crippen LogP contribution is 2.39. The van der Waals surface area contributed by atoms with Gasteiger partial charge in [-0.15, -0.1) is 6.58 Å². The molecule has 0 bridgehead atoms. The molecule has 40 heavy (non-hydrogen) atoms. The van der Waals surface area contributed by atoms with Gasteiger partial charge in [-0.05, 0) is 54.2 Å². The highest BCUT2D eigenvalue weighted by molar-refractivity contribution is 7.85. The summed E-state index contributed by atoms with van der Waals surface area (Å²) in [5, 5.41) is 2.60. The molecule has 0 fully saturated rings. The molecule has 0 aromatic heterocycles. The highest BCUT2D eigenvalue weighted by Gasteiger charge is 2.44. The van der Waals surface area contributed by atoms with Crippen molar-refractivity contribution >= 4 is 25.2 Å². The number of amides is 1. The Morgan fingerprint density at radius 1 is 0.925 bits per heavy atom. The van der Waals surface area contributed by atoms with E-state index in [4.69, 9.17) is 9.16 Å². The van der Waals surface area contributed by atoms with Gasteiger partial charge in [0.1, 0.15) is 6.61 Å². The van der Waals surface area contributed by atoms with Gasteiger partial charge >= 0.3 is 6.09 Å². The summed E-state index contributed by atoms with van der Waals surface area (Å²) < 4.78 is 26.8. The number of hydrogen-bond acceptors (Lipinski definition) is 4. The maximum atomic E-state index is 14.1. The van der Waals surface area contributed by atoms with Crippen LogP contribution in [0.1, 0.15) is 38.3 Å². The number of carbonyl (C=O) groups excluding carboxylic acids is 1. The summed E-state index contributed by atoms with van der Waals surface area (Å²) in [6.45, 7) is 15.1. The van der Waals surface area contributed by atoms with Crippen molar-refractivity contribution in [3.63, 3.8) is 0 Å². The average molecular weight is 578 g/mol. The molecule has 7 heteroatoms. The van der Waals surface area contributed by atoms with Crippen LogP contribution in [0.2, 0.25) is 18.1 Å². The SMILES string of the molecule is C=CCC([C@@H](O[Si](C)(C)C(C)(C)C)[C@H](Cc1ccccc1)NC(=O)OCc1ccccc1)S(=O)c1ccccc1. The standard InChI is InChI=1S/C33H43NO4SSi/c1-7-17-30(39(36)28-22-15-10-16-23-28)31(38-40(5,6)33(2,3)4)29(24-26-18-11-8-12-19-26)34-32(35)37-25-27-20-13-9-14-21-27/h7-16,18-23,29-31H,1,17,24-25H2,2-6H3,(H,34,35)/t29-,30?,31-,39?/m0/s1. The minimum absolute atomic E-state index is 0.0939. The third-order valence-electron chi connectivity index (χ3n) is 7.46. The van der Waals surface area contributed by atoms with Crippen LogP contribution in [0.3, 0.4) is 0 Å². The molecule has 0 heterocycles. The van der Waals surface area contributed by atoms with E-state index in [2.05, 4.69) is 45.8 Å². The van der Waals surface area contributed by atoms with Crippen molar-refractivity contribution in [2.75, 3.05) is 0 Å². The summed E-state index contributed by atoms with van der Waals surface area (Å²) in [7, 11) is -3.78. The summed E-state index contributed by atoms with van der Waals surface area (Å²) >= 11 is 0. The number of rotatable bonds is 13. The van der Waals surface area contributed by atoms with E-state index < -0.39 is 42.6 Å². The van der Waals surface area contributed by atoms with Gasteiger partial charge in [0.25, 0.3) is 0 Å². The van der Waals surface area contributed by atoms with Gasteiger partial charge < -0.3 is 14.5 Å². The van der Waals surface area contributed by atoms with Gasteiger partial charge in [-0.2, -0.15) is 0 Å². The summed E-state index contributed by atoms with van der Waals surface area (Å²) in [6.07, 6.45) is 1.68. The van der Waals surface area contributed by atoms with Crippen LogP contribution in [0.15, 0.2) is 109 Å². The Balaban J connectivity index is 2.02. The van der Waals surface area contributed by atoms with Crippen molar-refractivity contribution in [1.29, 1.82) is 0 Å². The van der Waals surface area contributed by atoms with Crippen molar-refractivity contribution in [1.82, 2.24) is 5.32 Å². The van der Waals surface area contributed by atoms with Crippen LogP contribution in [0.5, 0.6) is 0 Å². The second-order valence-corrected chi connectivity index (χ2v) is 17.9. The third-order valence-corrected chi connectivity index (χ3v) is 13.7. The Hall–Kier alpha value is -3.00. The Kier molecular flexibility index (Phi) is 11.5. The number of ether oxygens (including phenoxy) is 1. The number of alkyl carbamates (subject to hydrolysis) is 1. The van der Waals surface area contributed by atoms with Gasteiger partial charge in [-0.25, -0.2) is 4.79 Å². The molecule has 5 nitrogen and oxygen atoms in total. The summed E-state index contributed by atoms with van der Waals surface area (Å²) in [5.74, 6) is 0. The molecule has 4 atom stereocenters. The quantitative estimate of drug-likeness (QED) is 0.167. The van der Waals surface area contributed by atoms with Crippen molar-refractivity contribution in [3.05, 3.63) is 115 Å². The molecule has 3 aromatic rings. The van der Waals surface area contributed by atoms with Crippen LogP contribution < -0.4 is 5.32 Å². The predicted octanol–water partition coefficient (Wildman–Crippen LogP) is 7.67. The molecule has 0 saturated carbocycles. The molecule has 3 aromatic carbocycles. The monoisotopic (exact) mass is 577 g/mol. The number of carbonyl (C=O) groups is 1. The van der Waals surface area contributed by atoms with Crippen molar-refractivity contribution < 1.29 is 18.2 Å². The molecule has 0 aliphatic rings. The first-order valence-electron chi connectivity index (χ1n) is 13.8. The minimum atomic E-state index is -2.37. The van der Waals surface area contributed by atoms with E-state index in [0.717, 1.165) is 16.0 Å². The zero-order chi connectivity index (χ0) is 29.2. The van der Waals surface area contributed by atoms with Crippen LogP contribution in [0, 0.1) is 0 Å². The molecular formula is C33H43NO4SSi. The van der Waals surface area contributed by atoms with Gasteiger partial charge in [-0.3, -0.25) is 4.21 Å². The first-order chi connectivity index (χ1) is 19.0. The Morgan fingerprint density at radius 2 is 1.45 bits per heavy atom. The van der Waals surface area contributed by atoms with Crippen molar-refractivity contribution in [2.24, 2.45) is 0 Å². The molecule has 0 aliphatic carbocycles. The maximum absolute atomic E-state index is 14.1. The topological polar surface area (TPSA) is 64.6 Å². The molecular weight excluding hydrogens is 535 g/mol. The number of nitrogens with one attached hydrogen (secondary N) is 1. The minimum Gasteiger partial charge on any atom is -0.445 e. The van der Waals surface area contributed by atoms with Crippen LogP contribution in [-0.4, -0.2) is 36.0 Å². The molecule has 0 spiro atoms. The van der Waals surface area contributed by atoms with E-state index >= 15 is 0 Å². The molecule has 1 N–H and O–H groups in total. The third kappa shape index (κ3) is 9.01. The summed E-state index contributed by atoms with van der Waals surface area (Å²) in [4.78, 5) is 14.0. The first-order valence-corrected chi connectivity index (χ1v) is 17.9. The molecule has 1 amide bonds. The van der Waals surface area contributed by atoms with E-state index in [9.17, 15) is 9.00 Å². The number of benzene rings is 3. The Bertz CT molecular complexity index is 1230. The number of hydrogen-bond donors (Lipinski definition) is 1. The number of allylic oxidation sites excluding steroid dienone is 1. The summed E-state index contributed by atoms with van der Waals surface area (Å²) in [6, 6.07) is 28.5. The predicted molar refractivity (Wildman–Crippen MR) is 167 cm³/mol. The van der Waals surface area contributed by atoms with Crippen LogP contribution >= 0.6 is 0 Å². The van der Waals surface area contributed by atoms with E-state index in [1.165, 1.54) is 0 Å². The molecule has 0 radical (unpaired) electrons. The summed E-state index contributed by atoms with van der Waals surface area (Å²) in [5.41, 5.74) is 1.95. The second kappa shape index (κ2) is 14.6. The van der Waals surface area contributed by atoms with E-state index in [0.29, 0.717) is 12.8 Å². The smallest absolute Gasteiger partial charge is 0.407 e. The molecule has 214 valence electrons. The lowest BCUT2D eigenvalue weighted by molar-refractivity contribution is 0.104. The van der Waals surface area contributed by atoms with Gasteiger partial charge in [0.2, 0.25) is 0 Å². The van der Waals surface area contributed by atoms with E-state index in [-0.39, 0.29) is 11.6 Å². The lowest BCUT2D eigenvalue weighted by atomic mass is 9.98. The maximum Gasteiger partial charge on any atom is 0.407 e. The van der Waals surface area contributed by atoms with Crippen LogP contribution in [0.4, 0.5) is 4.79 Å². The lowest BCUT2D eigenvalue weighted by Gasteiger charge is -2.43. The largest absolute Gasteiger partial charge is 0.445 e. The molecule has 0 aliphatic heterocycles. The zero-order valence-corrected chi connectivity index (χ0v) is 26.2. The second-order valence-electron chi connectivity index (χ2n) is 11.5. The van der Waals surface area contributed by atoms with Gasteiger partial charge in [0, 0.05) is 4.90 Å². The fraction of sp³-hybridized carbons (Fsp3) is 0.364. The first kappa shape index (κ1) is 31.5. The van der Waals surface area contributed by atoms with Gasteiger partial charge in [0.15, 0.2) is 8.32 Å². The van der Waals surface area contributed by atoms with Crippen molar-refractivity contribution in [3.8, 4) is 0 Å². The molecule has 3 rings (SSSR count). The van der Waals surface area contributed by atoms with Gasteiger partial charge in [-0.1, -0.05) is 106 Å². The van der Waals surface area contributed by atoms with E-state index in [1.54, 1.807) is 6.08 Å². The fourth-order valence-corrected chi connectivity index (χ4v) is 7.24. The Labute approximate surface area is 243 Å². The molecule has 0 saturated heterocycles. The fourth-order valence-electron chi connectivity index (χ4n) is 4.20.